The first kappa shape index (κ1) is 15.6. The second-order valence-corrected chi connectivity index (χ2v) is 6.94. The van der Waals surface area contributed by atoms with Crippen molar-refractivity contribution in [3.8, 4) is 0 Å². The van der Waals surface area contributed by atoms with Crippen molar-refractivity contribution in [1.82, 2.24) is 20.3 Å². The number of halogens is 1. The van der Waals surface area contributed by atoms with Crippen LogP contribution in [0.3, 0.4) is 0 Å². The van der Waals surface area contributed by atoms with Gasteiger partial charge in [-0.05, 0) is 41.3 Å². The fourth-order valence-corrected chi connectivity index (χ4v) is 3.66. The van der Waals surface area contributed by atoms with Gasteiger partial charge in [-0.2, -0.15) is 0 Å². The molecule has 0 bridgehead atoms. The summed E-state index contributed by atoms with van der Waals surface area (Å²) in [4.78, 5) is 6.67. The smallest absolute Gasteiger partial charge is 0.0448 e. The molecule has 0 spiro atoms. The lowest BCUT2D eigenvalue weighted by atomic mass is 10.1. The van der Waals surface area contributed by atoms with Crippen molar-refractivity contribution in [3.63, 3.8) is 0 Å². The minimum atomic E-state index is 0.811. The van der Waals surface area contributed by atoms with E-state index in [0.717, 1.165) is 44.2 Å². The molecule has 2 aliphatic rings. The van der Waals surface area contributed by atoms with Crippen LogP contribution >= 0.6 is 11.6 Å². The summed E-state index contributed by atoms with van der Waals surface area (Å²) in [5.41, 5.74) is 9.01. The second-order valence-electron chi connectivity index (χ2n) is 6.50. The largest absolute Gasteiger partial charge is 0.321 e. The summed E-state index contributed by atoms with van der Waals surface area (Å²) in [5, 5.41) is 3.09. The normalized spacial score (nSPS) is 18.5. The molecule has 0 amide bonds. The predicted molar refractivity (Wildman–Crippen MR) is 96.2 cm³/mol. The van der Waals surface area contributed by atoms with Gasteiger partial charge in [0.2, 0.25) is 0 Å². The fourth-order valence-electron chi connectivity index (χ4n) is 3.44. The van der Waals surface area contributed by atoms with Crippen LogP contribution in [0.15, 0.2) is 60.1 Å². The van der Waals surface area contributed by atoms with E-state index in [4.69, 9.17) is 11.6 Å². The van der Waals surface area contributed by atoms with Gasteiger partial charge in [-0.15, -0.1) is 0 Å². The Kier molecular flexibility index (Phi) is 4.52. The summed E-state index contributed by atoms with van der Waals surface area (Å²) in [6, 6.07) is 12.3. The minimum Gasteiger partial charge on any atom is -0.321 e. The molecule has 2 aliphatic heterocycles. The molecule has 1 N–H and O–H groups in total. The average molecular weight is 341 g/mol. The number of aromatic nitrogens is 1. The molecule has 3 heterocycles. The molecule has 0 saturated carbocycles. The third kappa shape index (κ3) is 3.61. The molecular weight excluding hydrogens is 320 g/mol. The van der Waals surface area contributed by atoms with E-state index in [2.05, 4.69) is 38.5 Å². The molecule has 0 aliphatic carbocycles. The van der Waals surface area contributed by atoms with Crippen molar-refractivity contribution < 1.29 is 0 Å². The number of hydrogen-bond donors (Lipinski definition) is 1. The van der Waals surface area contributed by atoms with E-state index in [9.17, 15) is 0 Å². The van der Waals surface area contributed by atoms with Crippen LogP contribution in [0.2, 0.25) is 5.02 Å². The summed E-state index contributed by atoms with van der Waals surface area (Å²) in [6.07, 6.45) is 4.88. The van der Waals surface area contributed by atoms with Crippen LogP contribution in [0.1, 0.15) is 17.5 Å². The zero-order chi connectivity index (χ0) is 16.4. The number of benzene rings is 1. The van der Waals surface area contributed by atoms with Crippen molar-refractivity contribution in [3.05, 3.63) is 76.2 Å². The highest BCUT2D eigenvalue weighted by Gasteiger charge is 2.26. The first-order valence-corrected chi connectivity index (χ1v) is 8.72. The Morgan fingerprint density at radius 1 is 1.08 bits per heavy atom. The van der Waals surface area contributed by atoms with Crippen molar-refractivity contribution >= 4 is 11.6 Å². The first-order valence-electron chi connectivity index (χ1n) is 8.34. The van der Waals surface area contributed by atoms with Crippen molar-refractivity contribution in [2.45, 2.75) is 19.5 Å². The third-order valence-electron chi connectivity index (χ3n) is 4.60. The van der Waals surface area contributed by atoms with Crippen LogP contribution < -0.4 is 5.43 Å². The molecule has 0 radical (unpaired) electrons. The topological polar surface area (TPSA) is 31.4 Å². The van der Waals surface area contributed by atoms with Gasteiger partial charge < -0.3 is 5.43 Å². The monoisotopic (exact) mass is 340 g/mol. The molecule has 0 unspecified atom stereocenters. The van der Waals surface area contributed by atoms with Gasteiger partial charge in [0.15, 0.2) is 0 Å². The van der Waals surface area contributed by atoms with Crippen molar-refractivity contribution in [1.29, 1.82) is 0 Å². The van der Waals surface area contributed by atoms with Gasteiger partial charge in [0.05, 0.1) is 0 Å². The third-order valence-corrected chi connectivity index (χ3v) is 4.84. The van der Waals surface area contributed by atoms with E-state index in [1.54, 1.807) is 5.57 Å². The Labute approximate surface area is 147 Å². The molecular formula is C19H21ClN4. The molecule has 2 aromatic rings. The highest BCUT2D eigenvalue weighted by Crippen LogP contribution is 2.24. The first-order chi connectivity index (χ1) is 11.8. The molecule has 4 rings (SSSR count). The van der Waals surface area contributed by atoms with Crippen molar-refractivity contribution in [2.75, 3.05) is 19.6 Å². The molecule has 5 heteroatoms. The van der Waals surface area contributed by atoms with Crippen LogP contribution in [0.5, 0.6) is 0 Å². The number of pyridine rings is 1. The van der Waals surface area contributed by atoms with Crippen LogP contribution in [-0.4, -0.2) is 34.5 Å². The predicted octanol–water partition coefficient (Wildman–Crippen LogP) is 3.22. The van der Waals surface area contributed by atoms with Crippen LogP contribution in [0.4, 0.5) is 0 Å². The highest BCUT2D eigenvalue weighted by molar-refractivity contribution is 6.30. The average Bonchev–Trinajstić information content (AvgIpc) is 2.97. The van der Waals surface area contributed by atoms with E-state index < -0.39 is 0 Å². The molecule has 0 atom stereocenters. The van der Waals surface area contributed by atoms with Gasteiger partial charge in [0.25, 0.3) is 0 Å². The summed E-state index contributed by atoms with van der Waals surface area (Å²) in [5.74, 6) is 0. The molecule has 1 aromatic heterocycles. The molecule has 4 nitrogen and oxygen atoms in total. The summed E-state index contributed by atoms with van der Waals surface area (Å²) >= 11 is 6.10. The van der Waals surface area contributed by atoms with E-state index in [1.807, 2.05) is 30.6 Å². The van der Waals surface area contributed by atoms with Crippen LogP contribution in [0.25, 0.3) is 0 Å². The molecule has 0 fully saturated rings. The zero-order valence-electron chi connectivity index (χ0n) is 13.6. The minimum absolute atomic E-state index is 0.811. The lowest BCUT2D eigenvalue weighted by molar-refractivity contribution is 0.233. The van der Waals surface area contributed by atoms with Crippen LogP contribution in [0, 0.1) is 0 Å². The number of nitrogens with one attached hydrogen (secondary N) is 1. The van der Waals surface area contributed by atoms with Crippen LogP contribution in [-0.2, 0) is 13.1 Å². The van der Waals surface area contributed by atoms with Gasteiger partial charge in [0, 0.05) is 55.8 Å². The summed E-state index contributed by atoms with van der Waals surface area (Å²) in [7, 11) is 0. The van der Waals surface area contributed by atoms with E-state index in [0.29, 0.717) is 0 Å². The maximum Gasteiger partial charge on any atom is 0.0448 e. The molecule has 24 heavy (non-hydrogen) atoms. The quantitative estimate of drug-likeness (QED) is 0.926. The number of hydrazine groups is 1. The summed E-state index contributed by atoms with van der Waals surface area (Å²) < 4.78 is 0. The lowest BCUT2D eigenvalue weighted by Crippen LogP contribution is -2.36. The zero-order valence-corrected chi connectivity index (χ0v) is 14.3. The Morgan fingerprint density at radius 3 is 2.83 bits per heavy atom. The standard InChI is InChI=1S/C19H21ClN4/c20-18-5-1-3-15(9-18)11-23-8-6-17-13-24(22-19(17)14-23)12-16-4-2-7-21-10-16/h1-5,7,9-10,22H,6,8,11-14H2. The number of rotatable bonds is 4. The van der Waals surface area contributed by atoms with Gasteiger partial charge in [-0.25, -0.2) is 5.01 Å². The lowest BCUT2D eigenvalue weighted by Gasteiger charge is -2.27. The highest BCUT2D eigenvalue weighted by atomic mass is 35.5. The maximum atomic E-state index is 6.10. The number of nitrogens with zero attached hydrogens (tertiary/aromatic N) is 3. The Balaban J connectivity index is 1.36. The van der Waals surface area contributed by atoms with Gasteiger partial charge >= 0.3 is 0 Å². The maximum absolute atomic E-state index is 6.10. The molecule has 0 saturated heterocycles. The number of hydrogen-bond acceptors (Lipinski definition) is 4. The second kappa shape index (κ2) is 6.93. The molecule has 1 aromatic carbocycles. The summed E-state index contributed by atoms with van der Waals surface area (Å²) in [6.45, 7) is 4.92. The van der Waals surface area contributed by atoms with E-state index >= 15 is 0 Å². The Hall–Kier alpha value is -1.88. The SMILES string of the molecule is Clc1cccc(CN2CCC3=C(C2)NN(Cc2cccnc2)C3)c1. The van der Waals surface area contributed by atoms with Gasteiger partial charge in [-0.1, -0.05) is 29.8 Å². The Bertz CT molecular complexity index is 744. The Morgan fingerprint density at radius 2 is 2.00 bits per heavy atom. The van der Waals surface area contributed by atoms with Gasteiger partial charge in [0.1, 0.15) is 0 Å². The van der Waals surface area contributed by atoms with E-state index in [-0.39, 0.29) is 0 Å². The van der Waals surface area contributed by atoms with Crippen molar-refractivity contribution in [2.24, 2.45) is 0 Å². The van der Waals surface area contributed by atoms with E-state index in [1.165, 1.54) is 16.8 Å². The van der Waals surface area contributed by atoms with Gasteiger partial charge in [-0.3, -0.25) is 9.88 Å². The fraction of sp³-hybridized carbons (Fsp3) is 0.316. The molecule has 124 valence electrons.